The molecule has 0 radical (unpaired) electrons. The first-order valence-electron chi connectivity index (χ1n) is 16.7. The topological polar surface area (TPSA) is 99.0 Å². The number of carbonyl (C=O) groups is 2. The summed E-state index contributed by atoms with van der Waals surface area (Å²) in [5.41, 5.74) is 1.78. The van der Waals surface area contributed by atoms with Crippen molar-refractivity contribution in [2.24, 2.45) is 10.8 Å². The lowest BCUT2D eigenvalue weighted by atomic mass is 9.63. The van der Waals surface area contributed by atoms with Crippen molar-refractivity contribution in [3.05, 3.63) is 114 Å². The summed E-state index contributed by atoms with van der Waals surface area (Å²) in [4.78, 5) is 41.7. The van der Waals surface area contributed by atoms with E-state index in [-0.39, 0.29) is 45.0 Å². The molecule has 1 aliphatic heterocycles. The normalized spacial score (nSPS) is 18.8. The number of halogens is 4. The van der Waals surface area contributed by atoms with Crippen LogP contribution in [0.4, 0.5) is 18.9 Å². The van der Waals surface area contributed by atoms with Crippen LogP contribution < -0.4 is 9.47 Å². The molecule has 12 heteroatoms. The summed E-state index contributed by atoms with van der Waals surface area (Å²) in [5.74, 6) is -1.11. The Kier molecular flexibility index (Phi) is 9.45. The van der Waals surface area contributed by atoms with Crippen molar-refractivity contribution in [2.45, 2.75) is 78.9 Å². The Labute approximate surface area is 302 Å². The molecule has 0 N–H and O–H groups in total. The summed E-state index contributed by atoms with van der Waals surface area (Å²) in [6.07, 6.45) is -2.98. The Bertz CT molecular complexity index is 1950. The molecule has 0 bridgehead atoms. The summed E-state index contributed by atoms with van der Waals surface area (Å²) >= 11 is 3.53. The summed E-state index contributed by atoms with van der Waals surface area (Å²) < 4.78 is 52.4. The monoisotopic (exact) mass is 766 g/mol. The van der Waals surface area contributed by atoms with E-state index in [9.17, 15) is 32.9 Å². The average Bonchev–Trinajstić information content (AvgIpc) is 3.02. The Hall–Kier alpha value is -4.45. The third-order valence-electron chi connectivity index (χ3n) is 9.57. The van der Waals surface area contributed by atoms with Crippen LogP contribution in [0.15, 0.2) is 87.7 Å². The van der Waals surface area contributed by atoms with Crippen LogP contribution in [-0.2, 0) is 22.3 Å². The van der Waals surface area contributed by atoms with Gasteiger partial charge in [-0.15, -0.1) is 0 Å². The second-order valence-electron chi connectivity index (χ2n) is 14.9. The van der Waals surface area contributed by atoms with Gasteiger partial charge in [-0.25, -0.2) is 0 Å². The quantitative estimate of drug-likeness (QED) is 0.166. The first-order chi connectivity index (χ1) is 23.9. The van der Waals surface area contributed by atoms with Crippen LogP contribution in [0.1, 0.15) is 82.9 Å². The van der Waals surface area contributed by atoms with E-state index < -0.39 is 34.0 Å². The standard InChI is InChI=1S/C39H38BrF3N2O6/c1-6-50-32-15-23(14-25(40)36(32)51-31-13-12-24(39(41,42)43)16-26(31)45(48)49)33-34-27(17-37(2,3)19-29(34)46)44(21-22-10-8-7-9-11-22)28-18-38(4,5)20-30(47)35(28)33/h7-16,33H,6,17-21H2,1-5H3. The number of nitro groups is 1. The minimum atomic E-state index is -4.79. The van der Waals surface area contributed by atoms with Gasteiger partial charge in [-0.05, 0) is 81.9 Å². The molecule has 0 atom stereocenters. The highest BCUT2D eigenvalue weighted by Crippen LogP contribution is 2.56. The third-order valence-corrected chi connectivity index (χ3v) is 10.2. The molecule has 1 heterocycles. The molecule has 2 aliphatic carbocycles. The number of Topliss-reactive ketones (excluding diaryl/α,β-unsaturated/α-hetero) is 2. The molecular formula is C39H38BrF3N2O6. The SMILES string of the molecule is CCOc1cc(C2C3=C(CC(C)(C)CC3=O)N(Cc3ccccc3)C3=C2C(=O)CC(C)(C)C3)cc(Br)c1Oc1ccc(C(F)(F)F)cc1[N+](=O)[O-]. The van der Waals surface area contributed by atoms with Gasteiger partial charge in [0.15, 0.2) is 23.1 Å². The fourth-order valence-corrected chi connectivity index (χ4v) is 8.03. The Morgan fingerprint density at radius 3 is 2.00 bits per heavy atom. The number of carbonyl (C=O) groups excluding carboxylic acids is 2. The highest BCUT2D eigenvalue weighted by atomic mass is 79.9. The highest BCUT2D eigenvalue weighted by molar-refractivity contribution is 9.10. The molecule has 0 saturated heterocycles. The maximum absolute atomic E-state index is 14.3. The van der Waals surface area contributed by atoms with Crippen molar-refractivity contribution in [3.8, 4) is 17.2 Å². The molecule has 3 aliphatic rings. The van der Waals surface area contributed by atoms with Gasteiger partial charge in [-0.3, -0.25) is 19.7 Å². The second kappa shape index (κ2) is 13.3. The van der Waals surface area contributed by atoms with Crippen LogP contribution in [-0.4, -0.2) is 28.0 Å². The lowest BCUT2D eigenvalue weighted by Crippen LogP contribution is -2.44. The van der Waals surface area contributed by atoms with Gasteiger partial charge in [0.05, 0.1) is 21.6 Å². The highest BCUT2D eigenvalue weighted by Gasteiger charge is 2.49. The van der Waals surface area contributed by atoms with E-state index in [0.717, 1.165) is 23.0 Å². The van der Waals surface area contributed by atoms with E-state index in [2.05, 4.69) is 48.5 Å². The van der Waals surface area contributed by atoms with Crippen molar-refractivity contribution in [3.63, 3.8) is 0 Å². The van der Waals surface area contributed by atoms with Crippen molar-refractivity contribution >= 4 is 33.2 Å². The van der Waals surface area contributed by atoms with Crippen molar-refractivity contribution in [1.29, 1.82) is 0 Å². The zero-order valence-electron chi connectivity index (χ0n) is 28.9. The van der Waals surface area contributed by atoms with Gasteiger partial charge in [-0.1, -0.05) is 58.0 Å². The molecule has 0 fully saturated rings. The summed E-state index contributed by atoms with van der Waals surface area (Å²) in [6, 6.07) is 15.3. The largest absolute Gasteiger partial charge is 0.490 e. The summed E-state index contributed by atoms with van der Waals surface area (Å²) in [5, 5.41) is 11.8. The number of nitrogens with zero attached hydrogens (tertiary/aromatic N) is 2. The molecule has 0 spiro atoms. The second-order valence-corrected chi connectivity index (χ2v) is 15.8. The Morgan fingerprint density at radius 2 is 1.47 bits per heavy atom. The average molecular weight is 768 g/mol. The fraction of sp³-hybridized carbons (Fsp3) is 0.385. The van der Waals surface area contributed by atoms with Gasteiger partial charge in [-0.2, -0.15) is 13.2 Å². The van der Waals surface area contributed by atoms with Crippen LogP contribution in [0, 0.1) is 20.9 Å². The van der Waals surface area contributed by atoms with Crippen LogP contribution in [0.25, 0.3) is 0 Å². The van der Waals surface area contributed by atoms with Crippen LogP contribution in [0.3, 0.4) is 0 Å². The summed E-state index contributed by atoms with van der Waals surface area (Å²) in [6.45, 7) is 10.7. The van der Waals surface area contributed by atoms with Crippen LogP contribution in [0.2, 0.25) is 0 Å². The molecule has 3 aromatic carbocycles. The van der Waals surface area contributed by atoms with Crippen molar-refractivity contribution in [2.75, 3.05) is 6.61 Å². The van der Waals surface area contributed by atoms with E-state index in [1.54, 1.807) is 19.1 Å². The molecule has 0 unspecified atom stereocenters. The predicted octanol–water partition coefficient (Wildman–Crippen LogP) is 10.5. The Morgan fingerprint density at radius 1 is 0.882 bits per heavy atom. The number of alkyl halides is 3. The van der Waals surface area contributed by atoms with E-state index in [1.165, 1.54) is 0 Å². The lowest BCUT2D eigenvalue weighted by Gasteiger charge is -2.49. The number of ketones is 2. The van der Waals surface area contributed by atoms with E-state index >= 15 is 0 Å². The molecule has 268 valence electrons. The molecule has 8 nitrogen and oxygen atoms in total. The molecule has 0 aromatic heterocycles. The van der Waals surface area contributed by atoms with Crippen molar-refractivity contribution < 1.29 is 37.2 Å². The van der Waals surface area contributed by atoms with Crippen LogP contribution >= 0.6 is 15.9 Å². The molecule has 51 heavy (non-hydrogen) atoms. The molecular weight excluding hydrogens is 729 g/mol. The maximum atomic E-state index is 14.3. The lowest BCUT2D eigenvalue weighted by molar-refractivity contribution is -0.385. The molecule has 3 aromatic rings. The number of nitro benzene ring substituents is 1. The fourth-order valence-electron chi connectivity index (χ4n) is 7.49. The van der Waals surface area contributed by atoms with E-state index in [1.807, 2.05) is 30.3 Å². The Balaban J connectivity index is 1.54. The number of ether oxygens (including phenoxy) is 2. The number of allylic oxidation sites excluding steroid dienone is 4. The molecule has 0 amide bonds. The predicted molar refractivity (Wildman–Crippen MR) is 188 cm³/mol. The van der Waals surface area contributed by atoms with Crippen molar-refractivity contribution in [1.82, 2.24) is 4.90 Å². The van der Waals surface area contributed by atoms with Gasteiger partial charge in [0.2, 0.25) is 5.75 Å². The van der Waals surface area contributed by atoms with E-state index in [0.29, 0.717) is 61.1 Å². The first kappa shape index (κ1) is 36.3. The number of rotatable bonds is 8. The maximum Gasteiger partial charge on any atom is 0.416 e. The van der Waals surface area contributed by atoms with Gasteiger partial charge in [0.1, 0.15) is 0 Å². The van der Waals surface area contributed by atoms with E-state index in [4.69, 9.17) is 9.47 Å². The third kappa shape index (κ3) is 7.20. The molecule has 6 rings (SSSR count). The summed E-state index contributed by atoms with van der Waals surface area (Å²) in [7, 11) is 0. The number of hydrogen-bond acceptors (Lipinski definition) is 7. The first-order valence-corrected chi connectivity index (χ1v) is 17.5. The van der Waals surface area contributed by atoms with Crippen LogP contribution in [0.5, 0.6) is 17.2 Å². The smallest absolute Gasteiger partial charge is 0.416 e. The van der Waals surface area contributed by atoms with Gasteiger partial charge >= 0.3 is 11.9 Å². The molecule has 0 saturated carbocycles. The van der Waals surface area contributed by atoms with Gasteiger partial charge in [0, 0.05) is 53.9 Å². The zero-order valence-corrected chi connectivity index (χ0v) is 30.5. The van der Waals surface area contributed by atoms with Gasteiger partial charge < -0.3 is 14.4 Å². The number of hydrogen-bond donors (Lipinski definition) is 0. The van der Waals surface area contributed by atoms with Gasteiger partial charge in [0.25, 0.3) is 0 Å². The zero-order chi connectivity index (χ0) is 37.0. The minimum Gasteiger partial charge on any atom is -0.490 e. The number of benzene rings is 3. The minimum absolute atomic E-state index is 0.000543.